The minimum absolute atomic E-state index is 0.0975. The number of carbonyl (C=O) groups excluding carboxylic acids is 3. The summed E-state index contributed by atoms with van der Waals surface area (Å²) in [7, 11) is 0. The molecular weight excluding hydrogens is 296 g/mol. The van der Waals surface area contributed by atoms with Gasteiger partial charge in [0.2, 0.25) is 5.91 Å². The normalized spacial score (nSPS) is 13.5. The Morgan fingerprint density at radius 1 is 1.30 bits per heavy atom. The number of hydrogen-bond donors (Lipinski definition) is 1. The van der Waals surface area contributed by atoms with E-state index in [1.807, 2.05) is 0 Å². The van der Waals surface area contributed by atoms with Gasteiger partial charge in [-0.3, -0.25) is 9.59 Å². The first-order valence-electron chi connectivity index (χ1n) is 7.34. The van der Waals surface area contributed by atoms with Crippen LogP contribution in [0.5, 0.6) is 0 Å². The Kier molecular flexibility index (Phi) is 5.75. The van der Waals surface area contributed by atoms with Gasteiger partial charge in [-0.05, 0) is 24.1 Å². The minimum atomic E-state index is -0.579. The molecular formula is C17H18N2O4. The zero-order valence-electron chi connectivity index (χ0n) is 12.7. The highest BCUT2D eigenvalue weighted by Crippen LogP contribution is 2.15. The van der Waals surface area contributed by atoms with Crippen LogP contribution in [0, 0.1) is 12.3 Å². The molecule has 0 saturated carbocycles. The van der Waals surface area contributed by atoms with Crippen molar-refractivity contribution in [1.82, 2.24) is 10.2 Å². The Hall–Kier alpha value is -2.81. The van der Waals surface area contributed by atoms with Gasteiger partial charge in [0, 0.05) is 19.5 Å². The van der Waals surface area contributed by atoms with E-state index in [1.165, 1.54) is 0 Å². The number of hydrogen-bond acceptors (Lipinski definition) is 4. The van der Waals surface area contributed by atoms with Gasteiger partial charge in [0.05, 0.1) is 12.1 Å². The van der Waals surface area contributed by atoms with Gasteiger partial charge < -0.3 is 15.0 Å². The summed E-state index contributed by atoms with van der Waals surface area (Å²) < 4.78 is 4.89. The van der Waals surface area contributed by atoms with Crippen LogP contribution in [0.1, 0.15) is 28.8 Å². The van der Waals surface area contributed by atoms with Gasteiger partial charge in [-0.25, -0.2) is 4.79 Å². The number of benzene rings is 1. The third kappa shape index (κ3) is 4.85. The molecule has 2 amide bonds. The van der Waals surface area contributed by atoms with Gasteiger partial charge in [0.1, 0.15) is 0 Å². The molecule has 120 valence electrons. The molecule has 0 spiro atoms. The molecule has 6 nitrogen and oxygen atoms in total. The summed E-state index contributed by atoms with van der Waals surface area (Å²) in [5.74, 6) is 1.39. The van der Waals surface area contributed by atoms with Crippen molar-refractivity contribution in [2.24, 2.45) is 0 Å². The van der Waals surface area contributed by atoms with Crippen LogP contribution in [0.15, 0.2) is 24.3 Å². The van der Waals surface area contributed by atoms with E-state index in [4.69, 9.17) is 11.2 Å². The van der Waals surface area contributed by atoms with Gasteiger partial charge >= 0.3 is 5.97 Å². The van der Waals surface area contributed by atoms with Crippen molar-refractivity contribution in [2.75, 3.05) is 19.7 Å². The van der Waals surface area contributed by atoms with Crippen LogP contribution in [0.2, 0.25) is 0 Å². The topological polar surface area (TPSA) is 75.7 Å². The SMILES string of the molecule is C#CCNC(=O)COC(=O)c1ccc(CN2CCCC2=O)cc1. The molecule has 1 aromatic carbocycles. The van der Waals surface area contributed by atoms with Gasteiger partial charge in [0.15, 0.2) is 6.61 Å². The summed E-state index contributed by atoms with van der Waals surface area (Å²) in [6.45, 7) is 1.04. The number of nitrogens with one attached hydrogen (secondary N) is 1. The lowest BCUT2D eigenvalue weighted by Crippen LogP contribution is -2.29. The largest absolute Gasteiger partial charge is 0.452 e. The smallest absolute Gasteiger partial charge is 0.338 e. The Bertz CT molecular complexity index is 631. The highest BCUT2D eigenvalue weighted by atomic mass is 16.5. The van der Waals surface area contributed by atoms with Crippen LogP contribution < -0.4 is 5.32 Å². The lowest BCUT2D eigenvalue weighted by Gasteiger charge is -2.15. The summed E-state index contributed by atoms with van der Waals surface area (Å²) in [6, 6.07) is 6.80. The third-order valence-corrected chi connectivity index (χ3v) is 3.46. The Morgan fingerprint density at radius 2 is 2.04 bits per heavy atom. The van der Waals surface area contributed by atoms with Crippen molar-refractivity contribution in [3.05, 3.63) is 35.4 Å². The van der Waals surface area contributed by atoms with Crippen molar-refractivity contribution >= 4 is 17.8 Å². The monoisotopic (exact) mass is 314 g/mol. The van der Waals surface area contributed by atoms with Crippen LogP contribution in [0.4, 0.5) is 0 Å². The van der Waals surface area contributed by atoms with E-state index in [2.05, 4.69) is 11.2 Å². The molecule has 2 rings (SSSR count). The molecule has 0 unspecified atom stereocenters. The fourth-order valence-electron chi connectivity index (χ4n) is 2.25. The lowest BCUT2D eigenvalue weighted by molar-refractivity contribution is -0.128. The molecule has 0 aromatic heterocycles. The zero-order valence-corrected chi connectivity index (χ0v) is 12.7. The van der Waals surface area contributed by atoms with E-state index >= 15 is 0 Å². The second kappa shape index (κ2) is 7.99. The van der Waals surface area contributed by atoms with Crippen LogP contribution in [-0.2, 0) is 20.9 Å². The molecule has 1 N–H and O–H groups in total. The second-order valence-corrected chi connectivity index (χ2v) is 5.17. The second-order valence-electron chi connectivity index (χ2n) is 5.17. The van der Waals surface area contributed by atoms with E-state index in [-0.39, 0.29) is 19.1 Å². The maximum atomic E-state index is 11.8. The molecule has 1 heterocycles. The molecule has 1 fully saturated rings. The van der Waals surface area contributed by atoms with Gasteiger partial charge in [-0.1, -0.05) is 18.1 Å². The average Bonchev–Trinajstić information content (AvgIpc) is 2.96. The predicted octanol–water partition coefficient (Wildman–Crippen LogP) is 0.715. The molecule has 1 saturated heterocycles. The summed E-state index contributed by atoms with van der Waals surface area (Å²) >= 11 is 0. The summed E-state index contributed by atoms with van der Waals surface area (Å²) in [5.41, 5.74) is 1.30. The fourth-order valence-corrected chi connectivity index (χ4v) is 2.25. The number of amides is 2. The van der Waals surface area contributed by atoms with Crippen molar-refractivity contribution in [2.45, 2.75) is 19.4 Å². The van der Waals surface area contributed by atoms with Gasteiger partial charge in [-0.15, -0.1) is 6.42 Å². The van der Waals surface area contributed by atoms with Crippen molar-refractivity contribution in [1.29, 1.82) is 0 Å². The van der Waals surface area contributed by atoms with E-state index in [1.54, 1.807) is 29.2 Å². The Labute approximate surface area is 134 Å². The molecule has 1 aliphatic rings. The molecule has 0 aliphatic carbocycles. The van der Waals surface area contributed by atoms with Crippen LogP contribution in [0.25, 0.3) is 0 Å². The molecule has 23 heavy (non-hydrogen) atoms. The van der Waals surface area contributed by atoms with Crippen molar-refractivity contribution in [3.8, 4) is 12.3 Å². The molecule has 0 bridgehead atoms. The van der Waals surface area contributed by atoms with Crippen molar-refractivity contribution in [3.63, 3.8) is 0 Å². The lowest BCUT2D eigenvalue weighted by atomic mass is 10.1. The first-order chi connectivity index (χ1) is 11.1. The number of terminal acetylenes is 1. The maximum Gasteiger partial charge on any atom is 0.338 e. The zero-order chi connectivity index (χ0) is 16.7. The Balaban J connectivity index is 1.84. The number of carbonyl (C=O) groups is 3. The third-order valence-electron chi connectivity index (χ3n) is 3.46. The number of esters is 1. The average molecular weight is 314 g/mol. The van der Waals surface area contributed by atoms with Crippen LogP contribution in [-0.4, -0.2) is 42.4 Å². The highest BCUT2D eigenvalue weighted by molar-refractivity contribution is 5.91. The van der Waals surface area contributed by atoms with Gasteiger partial charge in [-0.2, -0.15) is 0 Å². The van der Waals surface area contributed by atoms with E-state index in [0.717, 1.165) is 18.5 Å². The fraction of sp³-hybridized carbons (Fsp3) is 0.353. The van der Waals surface area contributed by atoms with Crippen LogP contribution in [0.3, 0.4) is 0 Å². The van der Waals surface area contributed by atoms with Gasteiger partial charge in [0.25, 0.3) is 5.91 Å². The number of ether oxygens (including phenoxy) is 1. The van der Waals surface area contributed by atoms with Crippen molar-refractivity contribution < 1.29 is 19.1 Å². The minimum Gasteiger partial charge on any atom is -0.452 e. The number of rotatable bonds is 6. The van der Waals surface area contributed by atoms with E-state index in [0.29, 0.717) is 18.5 Å². The van der Waals surface area contributed by atoms with Crippen LogP contribution >= 0.6 is 0 Å². The molecule has 0 radical (unpaired) electrons. The highest BCUT2D eigenvalue weighted by Gasteiger charge is 2.20. The molecule has 6 heteroatoms. The number of likely N-dealkylation sites (tertiary alicyclic amines) is 1. The maximum absolute atomic E-state index is 11.8. The van der Waals surface area contributed by atoms with E-state index in [9.17, 15) is 14.4 Å². The predicted molar refractivity (Wildman–Crippen MR) is 83.2 cm³/mol. The summed E-state index contributed by atoms with van der Waals surface area (Å²) in [5, 5.41) is 2.40. The number of nitrogens with zero attached hydrogens (tertiary/aromatic N) is 1. The quantitative estimate of drug-likeness (QED) is 0.620. The first kappa shape index (κ1) is 16.6. The molecule has 1 aliphatic heterocycles. The Morgan fingerprint density at radius 3 is 2.65 bits per heavy atom. The summed E-state index contributed by atoms with van der Waals surface area (Å²) in [6.07, 6.45) is 6.51. The standard InChI is InChI=1S/C17H18N2O4/c1-2-9-18-15(20)12-23-17(22)14-7-5-13(6-8-14)11-19-10-3-4-16(19)21/h1,5-8H,3-4,9-12H2,(H,18,20). The molecule has 0 atom stereocenters. The summed E-state index contributed by atoms with van der Waals surface area (Å²) in [4.78, 5) is 36.5. The first-order valence-corrected chi connectivity index (χ1v) is 7.34. The molecule has 1 aromatic rings. The van der Waals surface area contributed by atoms with E-state index < -0.39 is 11.9 Å².